The SMILES string of the molecule is CN(CCc1ccncc1)C(=O)C1CC1C(=O)NCc1ccccc1F. The smallest absolute Gasteiger partial charge is 0.226 e. The van der Waals surface area contributed by atoms with Crippen molar-refractivity contribution >= 4 is 11.8 Å². The quantitative estimate of drug-likeness (QED) is 0.828. The predicted octanol–water partition coefficient (Wildman–Crippen LogP) is 2.17. The average molecular weight is 355 g/mol. The van der Waals surface area contributed by atoms with Gasteiger partial charge in [0, 0.05) is 38.1 Å². The van der Waals surface area contributed by atoms with Crippen LogP contribution in [0.1, 0.15) is 17.5 Å². The van der Waals surface area contributed by atoms with Crippen molar-refractivity contribution in [2.45, 2.75) is 19.4 Å². The van der Waals surface area contributed by atoms with Gasteiger partial charge in [0.15, 0.2) is 0 Å². The highest BCUT2D eigenvalue weighted by Crippen LogP contribution is 2.40. The van der Waals surface area contributed by atoms with Crippen molar-refractivity contribution < 1.29 is 14.0 Å². The number of carbonyl (C=O) groups excluding carboxylic acids is 2. The first-order chi connectivity index (χ1) is 12.6. The molecule has 0 aliphatic heterocycles. The van der Waals surface area contributed by atoms with E-state index in [1.54, 1.807) is 42.5 Å². The molecule has 1 aliphatic rings. The molecule has 2 atom stereocenters. The van der Waals surface area contributed by atoms with Gasteiger partial charge in [0.1, 0.15) is 5.82 Å². The molecule has 1 fully saturated rings. The number of hydrogen-bond donors (Lipinski definition) is 1. The van der Waals surface area contributed by atoms with Gasteiger partial charge < -0.3 is 10.2 Å². The van der Waals surface area contributed by atoms with Gasteiger partial charge in [-0.15, -0.1) is 0 Å². The van der Waals surface area contributed by atoms with Crippen molar-refractivity contribution in [1.29, 1.82) is 0 Å². The van der Waals surface area contributed by atoms with Gasteiger partial charge in [0.2, 0.25) is 11.8 Å². The fraction of sp³-hybridized carbons (Fsp3) is 0.350. The third kappa shape index (κ3) is 4.45. The summed E-state index contributed by atoms with van der Waals surface area (Å²) in [7, 11) is 1.76. The Morgan fingerprint density at radius 1 is 1.19 bits per heavy atom. The van der Waals surface area contributed by atoms with Gasteiger partial charge in [0.05, 0.1) is 11.8 Å². The van der Waals surface area contributed by atoms with E-state index in [-0.39, 0.29) is 36.0 Å². The lowest BCUT2D eigenvalue weighted by Gasteiger charge is -2.17. The first-order valence-corrected chi connectivity index (χ1v) is 8.71. The Hall–Kier alpha value is -2.76. The zero-order chi connectivity index (χ0) is 18.5. The highest BCUT2D eigenvalue weighted by Gasteiger charge is 2.48. The Kier molecular flexibility index (Phi) is 5.61. The number of amides is 2. The van der Waals surface area contributed by atoms with Crippen molar-refractivity contribution in [2.24, 2.45) is 11.8 Å². The fourth-order valence-corrected chi connectivity index (χ4v) is 2.95. The number of aromatic nitrogens is 1. The lowest BCUT2D eigenvalue weighted by Crippen LogP contribution is -2.33. The number of hydrogen-bond acceptors (Lipinski definition) is 3. The Morgan fingerprint density at radius 3 is 2.65 bits per heavy atom. The number of benzene rings is 1. The molecule has 3 rings (SSSR count). The zero-order valence-corrected chi connectivity index (χ0v) is 14.7. The van der Waals surface area contributed by atoms with E-state index in [1.807, 2.05) is 12.1 Å². The molecule has 1 aromatic heterocycles. The van der Waals surface area contributed by atoms with Crippen LogP contribution in [0.25, 0.3) is 0 Å². The summed E-state index contributed by atoms with van der Waals surface area (Å²) >= 11 is 0. The normalized spacial score (nSPS) is 18.2. The number of likely N-dealkylation sites (N-methyl/N-ethyl adjacent to an activating group) is 1. The van der Waals surface area contributed by atoms with Gasteiger partial charge in [-0.25, -0.2) is 4.39 Å². The van der Waals surface area contributed by atoms with E-state index in [4.69, 9.17) is 0 Å². The van der Waals surface area contributed by atoms with Crippen LogP contribution >= 0.6 is 0 Å². The minimum Gasteiger partial charge on any atom is -0.352 e. The lowest BCUT2D eigenvalue weighted by atomic mass is 10.2. The maximum Gasteiger partial charge on any atom is 0.226 e. The minimum absolute atomic E-state index is 0.00917. The summed E-state index contributed by atoms with van der Waals surface area (Å²) in [5, 5.41) is 2.73. The Morgan fingerprint density at radius 2 is 1.92 bits per heavy atom. The molecule has 2 unspecified atom stereocenters. The summed E-state index contributed by atoms with van der Waals surface area (Å²) in [6.45, 7) is 0.740. The van der Waals surface area contributed by atoms with Gasteiger partial charge in [-0.2, -0.15) is 0 Å². The summed E-state index contributed by atoms with van der Waals surface area (Å²) in [6, 6.07) is 10.2. The first kappa shape index (κ1) is 18.0. The van der Waals surface area contributed by atoms with Gasteiger partial charge in [-0.1, -0.05) is 18.2 Å². The van der Waals surface area contributed by atoms with E-state index >= 15 is 0 Å². The van der Waals surface area contributed by atoms with Crippen molar-refractivity contribution in [3.63, 3.8) is 0 Å². The lowest BCUT2D eigenvalue weighted by molar-refractivity contribution is -0.133. The maximum atomic E-state index is 13.6. The number of pyridine rings is 1. The number of nitrogens with zero attached hydrogens (tertiary/aromatic N) is 2. The Bertz CT molecular complexity index is 782. The third-order valence-electron chi connectivity index (χ3n) is 4.72. The molecule has 1 aromatic carbocycles. The van der Waals surface area contributed by atoms with Crippen molar-refractivity contribution in [3.8, 4) is 0 Å². The van der Waals surface area contributed by atoms with Crippen LogP contribution in [0, 0.1) is 17.7 Å². The summed E-state index contributed by atoms with van der Waals surface area (Å²) in [5.41, 5.74) is 1.56. The van der Waals surface area contributed by atoms with Crippen LogP contribution < -0.4 is 5.32 Å². The summed E-state index contributed by atoms with van der Waals surface area (Å²) in [4.78, 5) is 30.3. The van der Waals surface area contributed by atoms with E-state index < -0.39 is 0 Å². The monoisotopic (exact) mass is 355 g/mol. The largest absolute Gasteiger partial charge is 0.352 e. The molecule has 5 nitrogen and oxygen atoms in total. The van der Waals surface area contributed by atoms with E-state index in [1.165, 1.54) is 6.07 Å². The Balaban J connectivity index is 1.44. The molecule has 1 aliphatic carbocycles. The number of halogens is 1. The van der Waals surface area contributed by atoms with Crippen LogP contribution in [-0.2, 0) is 22.6 Å². The van der Waals surface area contributed by atoms with Gasteiger partial charge in [0.25, 0.3) is 0 Å². The van der Waals surface area contributed by atoms with E-state index in [0.717, 1.165) is 12.0 Å². The average Bonchev–Trinajstić information content (AvgIpc) is 3.46. The molecule has 0 saturated heterocycles. The summed E-state index contributed by atoms with van der Waals surface area (Å²) in [5.74, 6) is -1.11. The second-order valence-electron chi connectivity index (χ2n) is 6.62. The Labute approximate surface area is 152 Å². The summed E-state index contributed by atoms with van der Waals surface area (Å²) in [6.07, 6.45) is 4.77. The topological polar surface area (TPSA) is 62.3 Å². The molecule has 2 amide bonds. The minimum atomic E-state index is -0.341. The van der Waals surface area contributed by atoms with Crippen LogP contribution in [0.15, 0.2) is 48.8 Å². The van der Waals surface area contributed by atoms with Crippen molar-refractivity contribution in [3.05, 3.63) is 65.7 Å². The fourth-order valence-electron chi connectivity index (χ4n) is 2.95. The molecule has 0 bridgehead atoms. The zero-order valence-electron chi connectivity index (χ0n) is 14.7. The third-order valence-corrected chi connectivity index (χ3v) is 4.72. The molecule has 136 valence electrons. The first-order valence-electron chi connectivity index (χ1n) is 8.71. The van der Waals surface area contributed by atoms with Crippen LogP contribution in [0.2, 0.25) is 0 Å². The second kappa shape index (κ2) is 8.08. The highest BCUT2D eigenvalue weighted by atomic mass is 19.1. The van der Waals surface area contributed by atoms with E-state index in [0.29, 0.717) is 18.5 Å². The molecule has 1 N–H and O–H groups in total. The van der Waals surface area contributed by atoms with Gasteiger partial charge in [-0.05, 0) is 36.6 Å². The second-order valence-corrected chi connectivity index (χ2v) is 6.62. The van der Waals surface area contributed by atoms with Crippen LogP contribution in [0.3, 0.4) is 0 Å². The summed E-state index contributed by atoms with van der Waals surface area (Å²) < 4.78 is 13.6. The van der Waals surface area contributed by atoms with Gasteiger partial charge in [-0.3, -0.25) is 14.6 Å². The van der Waals surface area contributed by atoms with Crippen LogP contribution in [-0.4, -0.2) is 35.3 Å². The number of rotatable bonds is 7. The molecule has 0 spiro atoms. The van der Waals surface area contributed by atoms with Crippen LogP contribution in [0.5, 0.6) is 0 Å². The molecule has 6 heteroatoms. The molecular formula is C20H22FN3O2. The van der Waals surface area contributed by atoms with Crippen molar-refractivity contribution in [2.75, 3.05) is 13.6 Å². The van der Waals surface area contributed by atoms with Crippen molar-refractivity contribution in [1.82, 2.24) is 15.2 Å². The molecule has 0 radical (unpaired) electrons. The van der Waals surface area contributed by atoms with E-state index in [2.05, 4.69) is 10.3 Å². The standard InChI is InChI=1S/C20H22FN3O2/c1-24(11-8-14-6-9-22-10-7-14)20(26)17-12-16(17)19(25)23-13-15-4-2-3-5-18(15)21/h2-7,9-10,16-17H,8,11-13H2,1H3,(H,23,25). The van der Waals surface area contributed by atoms with Crippen LogP contribution in [0.4, 0.5) is 4.39 Å². The molecule has 1 heterocycles. The molecule has 1 saturated carbocycles. The maximum absolute atomic E-state index is 13.6. The highest BCUT2D eigenvalue weighted by molar-refractivity contribution is 5.92. The molecule has 2 aromatic rings. The molecular weight excluding hydrogens is 333 g/mol. The predicted molar refractivity (Wildman–Crippen MR) is 95.4 cm³/mol. The number of carbonyl (C=O) groups is 2. The molecule has 26 heavy (non-hydrogen) atoms. The van der Waals surface area contributed by atoms with E-state index in [9.17, 15) is 14.0 Å². The van der Waals surface area contributed by atoms with Gasteiger partial charge >= 0.3 is 0 Å². The number of nitrogens with one attached hydrogen (secondary N) is 1.